The molecule has 0 aliphatic carbocycles. The minimum atomic E-state index is -1.26. The molecule has 0 unspecified atom stereocenters. The molecule has 2 aromatic rings. The molecule has 31 heavy (non-hydrogen) atoms. The molecule has 1 N–H and O–H groups in total. The summed E-state index contributed by atoms with van der Waals surface area (Å²) in [6.07, 6.45) is 0. The maximum atomic E-state index is 13.4. The molecule has 3 rings (SSSR count). The first-order chi connectivity index (χ1) is 14.8. The van der Waals surface area contributed by atoms with Gasteiger partial charge >= 0.3 is 12.0 Å². The number of anilines is 1. The van der Waals surface area contributed by atoms with E-state index in [2.05, 4.69) is 18.7 Å². The molecule has 1 aliphatic heterocycles. The lowest BCUT2D eigenvalue weighted by atomic mass is 9.93. The van der Waals surface area contributed by atoms with E-state index in [1.165, 1.54) is 23.1 Å². The van der Waals surface area contributed by atoms with Gasteiger partial charge in [-0.3, -0.25) is 9.69 Å². The number of carbonyl (C=O) groups excluding carboxylic acids is 1. The van der Waals surface area contributed by atoms with E-state index >= 15 is 0 Å². The molecule has 0 aromatic heterocycles. The summed E-state index contributed by atoms with van der Waals surface area (Å²) in [6.45, 7) is 0.166. The average Bonchev–Trinajstić information content (AvgIpc) is 2.75. The average molecular weight is 436 g/mol. The molecular formula is C22H17FN4O3S. The summed E-state index contributed by atoms with van der Waals surface area (Å²) < 4.78 is 13.2. The molecule has 0 bridgehead atoms. The molecule has 0 spiro atoms. The minimum absolute atomic E-state index is 0.145. The fraction of sp³-hybridized carbons (Fsp3) is 0.182. The van der Waals surface area contributed by atoms with Crippen molar-refractivity contribution >= 4 is 30.3 Å². The van der Waals surface area contributed by atoms with Crippen molar-refractivity contribution in [2.45, 2.75) is 24.5 Å². The molecule has 2 amide bonds. The summed E-state index contributed by atoms with van der Waals surface area (Å²) in [7, 11) is 0. The zero-order chi connectivity index (χ0) is 22.7. The summed E-state index contributed by atoms with van der Waals surface area (Å²) in [5.41, 5.74) is 1.87. The number of benzene rings is 2. The van der Waals surface area contributed by atoms with Gasteiger partial charge in [0, 0.05) is 10.6 Å². The number of carboxylic acid groups (broad SMARTS) is 1. The third-order valence-corrected chi connectivity index (χ3v) is 5.34. The highest BCUT2D eigenvalue weighted by Crippen LogP contribution is 2.41. The second kappa shape index (κ2) is 8.90. The Labute approximate surface area is 183 Å². The highest BCUT2D eigenvalue weighted by atomic mass is 32.1. The number of hydrogen-bond acceptors (Lipinski definition) is 5. The van der Waals surface area contributed by atoms with Crippen molar-refractivity contribution < 1.29 is 19.1 Å². The van der Waals surface area contributed by atoms with Crippen LogP contribution in [-0.2, 0) is 11.5 Å². The maximum absolute atomic E-state index is 13.4. The molecule has 156 valence electrons. The van der Waals surface area contributed by atoms with Crippen molar-refractivity contribution in [3.63, 3.8) is 0 Å². The Morgan fingerprint density at radius 1 is 1.23 bits per heavy atom. The van der Waals surface area contributed by atoms with Gasteiger partial charge in [-0.15, -0.1) is 12.6 Å². The van der Waals surface area contributed by atoms with Crippen LogP contribution in [-0.4, -0.2) is 28.6 Å². The number of amides is 2. The van der Waals surface area contributed by atoms with E-state index in [0.717, 1.165) is 4.90 Å². The monoisotopic (exact) mass is 436 g/mol. The van der Waals surface area contributed by atoms with Gasteiger partial charge in [0.15, 0.2) is 0 Å². The Morgan fingerprint density at radius 2 is 1.97 bits per heavy atom. The Morgan fingerprint density at radius 3 is 2.55 bits per heavy atom. The number of thiol groups is 1. The van der Waals surface area contributed by atoms with Crippen LogP contribution < -0.4 is 4.90 Å². The van der Waals surface area contributed by atoms with Crippen LogP contribution in [0.2, 0.25) is 0 Å². The normalized spacial score (nSPS) is 16.2. The highest BCUT2D eigenvalue weighted by Gasteiger charge is 2.41. The molecule has 0 saturated carbocycles. The van der Waals surface area contributed by atoms with Crippen molar-refractivity contribution in [2.24, 2.45) is 0 Å². The van der Waals surface area contributed by atoms with Gasteiger partial charge in [-0.2, -0.15) is 10.5 Å². The van der Waals surface area contributed by atoms with Crippen LogP contribution in [0.15, 0.2) is 58.6 Å². The van der Waals surface area contributed by atoms with Crippen LogP contribution in [0.25, 0.3) is 0 Å². The van der Waals surface area contributed by atoms with Crippen LogP contribution in [0, 0.1) is 22.7 Å². The molecule has 2 aromatic carbocycles. The molecule has 0 fully saturated rings. The summed E-state index contributed by atoms with van der Waals surface area (Å²) in [6, 6.07) is 13.2. The zero-order valence-electron chi connectivity index (χ0n) is 16.4. The predicted molar refractivity (Wildman–Crippen MR) is 113 cm³/mol. The third kappa shape index (κ3) is 4.09. The lowest BCUT2D eigenvalue weighted by Gasteiger charge is -2.41. The SMILES string of the molecule is CC1=C(C#N)[C@@H](c2ccc(C#N)cc2S)N(CC(=O)O)C(=O)N1c1cccc(CF)c1. The van der Waals surface area contributed by atoms with Crippen molar-refractivity contribution in [3.8, 4) is 12.1 Å². The number of hydrogen-bond donors (Lipinski definition) is 2. The second-order valence-corrected chi connectivity index (χ2v) is 7.32. The molecule has 9 heteroatoms. The number of carboxylic acids is 1. The number of urea groups is 1. The van der Waals surface area contributed by atoms with Gasteiger partial charge in [0.25, 0.3) is 0 Å². The van der Waals surface area contributed by atoms with E-state index in [-0.39, 0.29) is 5.57 Å². The number of halogens is 1. The first-order valence-corrected chi connectivity index (χ1v) is 9.58. The summed E-state index contributed by atoms with van der Waals surface area (Å²) >= 11 is 4.40. The van der Waals surface area contributed by atoms with Gasteiger partial charge in [0.1, 0.15) is 13.2 Å². The number of alkyl halides is 1. The fourth-order valence-electron chi connectivity index (χ4n) is 3.55. The van der Waals surface area contributed by atoms with Gasteiger partial charge in [-0.1, -0.05) is 18.2 Å². The standard InChI is InChI=1S/C22H17FN4O3S/c1-13-18(11-25)21(17-6-5-15(10-24)8-19(17)31)26(12-20(28)29)22(30)27(13)16-4-2-3-14(7-16)9-23/h2-8,21,31H,9,12H2,1H3,(H,28,29)/t21-/m1/s1. The van der Waals surface area contributed by atoms with Crippen molar-refractivity contribution in [1.29, 1.82) is 10.5 Å². The molecule has 1 atom stereocenters. The molecule has 0 saturated heterocycles. The van der Waals surface area contributed by atoms with Crippen LogP contribution in [0.5, 0.6) is 0 Å². The van der Waals surface area contributed by atoms with Gasteiger partial charge in [0.2, 0.25) is 0 Å². The third-order valence-electron chi connectivity index (χ3n) is 4.95. The Balaban J connectivity index is 2.24. The van der Waals surface area contributed by atoms with Crippen molar-refractivity contribution in [2.75, 3.05) is 11.4 Å². The summed E-state index contributed by atoms with van der Waals surface area (Å²) in [5, 5.41) is 28.5. The molecule has 1 heterocycles. The predicted octanol–water partition coefficient (Wildman–Crippen LogP) is 4.18. The quantitative estimate of drug-likeness (QED) is 0.684. The van der Waals surface area contributed by atoms with E-state index in [4.69, 9.17) is 5.26 Å². The van der Waals surface area contributed by atoms with Gasteiger partial charge in [0.05, 0.1) is 35.0 Å². The Hall–Kier alpha value is -3.82. The van der Waals surface area contributed by atoms with E-state index < -0.39 is 31.3 Å². The minimum Gasteiger partial charge on any atom is -0.480 e. The largest absolute Gasteiger partial charge is 0.480 e. The zero-order valence-corrected chi connectivity index (χ0v) is 17.3. The molecule has 7 nitrogen and oxygen atoms in total. The Kier molecular flexibility index (Phi) is 6.28. The summed E-state index contributed by atoms with van der Waals surface area (Å²) in [4.78, 5) is 27.6. The van der Waals surface area contributed by atoms with Crippen LogP contribution in [0.4, 0.5) is 14.9 Å². The highest BCUT2D eigenvalue weighted by molar-refractivity contribution is 7.80. The van der Waals surface area contributed by atoms with E-state index in [9.17, 15) is 24.3 Å². The van der Waals surface area contributed by atoms with E-state index in [0.29, 0.717) is 33.0 Å². The number of nitriles is 2. The van der Waals surface area contributed by atoms with E-state index in [1.54, 1.807) is 31.2 Å². The molecule has 0 radical (unpaired) electrons. The number of nitrogens with zero attached hydrogens (tertiary/aromatic N) is 4. The van der Waals surface area contributed by atoms with Crippen LogP contribution >= 0.6 is 12.6 Å². The van der Waals surface area contributed by atoms with E-state index in [1.807, 2.05) is 6.07 Å². The smallest absolute Gasteiger partial charge is 0.330 e. The lowest BCUT2D eigenvalue weighted by molar-refractivity contribution is -0.138. The maximum Gasteiger partial charge on any atom is 0.330 e. The van der Waals surface area contributed by atoms with Gasteiger partial charge in [-0.25, -0.2) is 9.18 Å². The fourth-order valence-corrected chi connectivity index (χ4v) is 3.89. The topological polar surface area (TPSA) is 108 Å². The van der Waals surface area contributed by atoms with Crippen molar-refractivity contribution in [3.05, 3.63) is 70.4 Å². The van der Waals surface area contributed by atoms with Crippen LogP contribution in [0.1, 0.15) is 29.7 Å². The molecular weight excluding hydrogens is 419 g/mol. The number of allylic oxidation sites excluding steroid dienone is 1. The Bertz CT molecular complexity index is 1180. The van der Waals surface area contributed by atoms with Gasteiger partial charge < -0.3 is 10.0 Å². The summed E-state index contributed by atoms with van der Waals surface area (Å²) in [5.74, 6) is -1.26. The van der Waals surface area contributed by atoms with Crippen molar-refractivity contribution in [1.82, 2.24) is 4.90 Å². The lowest BCUT2D eigenvalue weighted by Crippen LogP contribution is -2.51. The first-order valence-electron chi connectivity index (χ1n) is 9.13. The second-order valence-electron chi connectivity index (χ2n) is 6.84. The first kappa shape index (κ1) is 21.9. The number of carbonyl (C=O) groups is 2. The number of rotatable bonds is 5. The van der Waals surface area contributed by atoms with Crippen LogP contribution in [0.3, 0.4) is 0 Å². The van der Waals surface area contributed by atoms with Gasteiger partial charge in [-0.05, 0) is 42.3 Å². The number of aliphatic carboxylic acids is 1. The molecule has 1 aliphatic rings.